The number of likely N-dealkylation sites (tertiary alicyclic amines) is 1. The first-order chi connectivity index (χ1) is 15.7. The molecule has 1 atom stereocenters. The molecule has 5 rings (SSSR count). The molecule has 0 radical (unpaired) electrons. The number of pyridine rings is 1. The van der Waals surface area contributed by atoms with Crippen LogP contribution < -0.4 is 0 Å². The molecular formula is C26H28F2N4S. The Labute approximate surface area is 196 Å². The van der Waals surface area contributed by atoms with Crippen LogP contribution >= 0.6 is 11.3 Å². The summed E-state index contributed by atoms with van der Waals surface area (Å²) in [5.41, 5.74) is 3.24. The molecule has 1 aromatic carbocycles. The number of aryl methyl sites for hydroxylation is 2. The Morgan fingerprint density at radius 3 is 2.73 bits per heavy atom. The van der Waals surface area contributed by atoms with Crippen molar-refractivity contribution in [1.82, 2.24) is 19.9 Å². The molecule has 1 N–H and O–H groups in total. The number of hydrogen-bond donors (Lipinski definition) is 1. The lowest BCUT2D eigenvalue weighted by Crippen LogP contribution is -2.42. The zero-order valence-electron chi connectivity index (χ0n) is 19.2. The summed E-state index contributed by atoms with van der Waals surface area (Å²) in [6, 6.07) is 12.3. The van der Waals surface area contributed by atoms with Crippen molar-refractivity contribution in [3.05, 3.63) is 81.6 Å². The topological polar surface area (TPSA) is 44.8 Å². The van der Waals surface area contributed by atoms with Crippen LogP contribution in [-0.2, 0) is 17.4 Å². The minimum Gasteiger partial charge on any atom is -0.341 e. The third-order valence-electron chi connectivity index (χ3n) is 7.19. The summed E-state index contributed by atoms with van der Waals surface area (Å²) in [4.78, 5) is 16.4. The molecular weight excluding hydrogens is 438 g/mol. The minimum atomic E-state index is -0.276. The zero-order chi connectivity index (χ0) is 23.2. The van der Waals surface area contributed by atoms with Crippen molar-refractivity contribution in [2.75, 3.05) is 13.1 Å². The number of nitrogens with zero attached hydrogens (tertiary/aromatic N) is 3. The Hall–Kier alpha value is -2.64. The third-order valence-corrected chi connectivity index (χ3v) is 8.12. The fourth-order valence-corrected chi connectivity index (χ4v) is 5.69. The maximum Gasteiger partial charge on any atom is 0.176 e. The van der Waals surface area contributed by atoms with Gasteiger partial charge >= 0.3 is 0 Å². The molecule has 0 spiro atoms. The van der Waals surface area contributed by atoms with Gasteiger partial charge in [0.15, 0.2) is 5.13 Å². The number of rotatable bonds is 6. The van der Waals surface area contributed by atoms with Crippen molar-refractivity contribution in [1.29, 1.82) is 0 Å². The molecule has 4 nitrogen and oxygen atoms in total. The molecule has 0 saturated carbocycles. The molecule has 1 fully saturated rings. The normalized spacial score (nSPS) is 19.5. The number of H-pyrrole nitrogens is 1. The molecule has 7 heteroatoms. The lowest BCUT2D eigenvalue weighted by atomic mass is 9.81. The van der Waals surface area contributed by atoms with Crippen LogP contribution in [0.2, 0.25) is 0 Å². The van der Waals surface area contributed by atoms with Gasteiger partial charge in [-0.25, -0.2) is 9.37 Å². The molecule has 172 valence electrons. The molecule has 0 amide bonds. The Morgan fingerprint density at radius 2 is 2.00 bits per heavy atom. The third kappa shape index (κ3) is 4.20. The van der Waals surface area contributed by atoms with E-state index in [1.807, 2.05) is 19.2 Å². The highest BCUT2D eigenvalue weighted by Crippen LogP contribution is 2.43. The number of benzene rings is 1. The van der Waals surface area contributed by atoms with Gasteiger partial charge < -0.3 is 4.98 Å². The maximum absolute atomic E-state index is 13.8. The number of imidazole rings is 1. The molecule has 1 aliphatic rings. The number of halogens is 2. The average molecular weight is 467 g/mol. The summed E-state index contributed by atoms with van der Waals surface area (Å²) < 4.78 is 27.4. The van der Waals surface area contributed by atoms with Gasteiger partial charge in [0.2, 0.25) is 0 Å². The predicted molar refractivity (Wildman–Crippen MR) is 129 cm³/mol. The molecule has 1 saturated heterocycles. The van der Waals surface area contributed by atoms with Crippen LogP contribution in [0.5, 0.6) is 0 Å². The average Bonchev–Trinajstić information content (AvgIpc) is 3.51. The first-order valence-electron chi connectivity index (χ1n) is 11.3. The highest BCUT2D eigenvalue weighted by atomic mass is 32.1. The van der Waals surface area contributed by atoms with E-state index in [1.165, 1.54) is 35.1 Å². The molecule has 4 heterocycles. The largest absolute Gasteiger partial charge is 0.341 e. The predicted octanol–water partition coefficient (Wildman–Crippen LogP) is 6.12. The molecule has 0 bridgehead atoms. The van der Waals surface area contributed by atoms with Crippen LogP contribution in [0.3, 0.4) is 0 Å². The summed E-state index contributed by atoms with van der Waals surface area (Å²) in [5, 5.41) is -0.153. The Morgan fingerprint density at radius 1 is 1.15 bits per heavy atom. The monoisotopic (exact) mass is 466 g/mol. The van der Waals surface area contributed by atoms with Gasteiger partial charge in [0, 0.05) is 40.8 Å². The first kappa shape index (κ1) is 22.2. The van der Waals surface area contributed by atoms with Crippen molar-refractivity contribution in [2.24, 2.45) is 0 Å². The number of fused-ring (bicyclic) bond motifs is 1. The summed E-state index contributed by atoms with van der Waals surface area (Å²) in [6.07, 6.45) is 4.51. The van der Waals surface area contributed by atoms with E-state index in [-0.39, 0.29) is 21.9 Å². The van der Waals surface area contributed by atoms with Crippen LogP contribution in [0.25, 0.3) is 11.0 Å². The lowest BCUT2D eigenvalue weighted by Gasteiger charge is -2.37. The second-order valence-corrected chi connectivity index (χ2v) is 10.8. The second-order valence-electron chi connectivity index (χ2n) is 9.65. The van der Waals surface area contributed by atoms with E-state index in [0.717, 1.165) is 54.3 Å². The summed E-state index contributed by atoms with van der Waals surface area (Å²) in [5.74, 6) is 0.613. The van der Waals surface area contributed by atoms with E-state index >= 15 is 0 Å². The Balaban J connectivity index is 1.49. The molecule has 0 unspecified atom stereocenters. The van der Waals surface area contributed by atoms with Gasteiger partial charge in [0.25, 0.3) is 0 Å². The fourth-order valence-electron chi connectivity index (χ4n) is 4.96. The molecule has 0 aliphatic carbocycles. The summed E-state index contributed by atoms with van der Waals surface area (Å²) in [6.45, 7) is 8.18. The summed E-state index contributed by atoms with van der Waals surface area (Å²) >= 11 is 1.21. The standard InChI is InChI=1S/C26H28F2N4S/c1-17-4-5-18(15-29-17)25(2,3)32-13-12-26(16-32,11-10-20-7-9-23(28)33-20)24-30-21-8-6-19(27)14-22(21)31-24/h4-9,14-15H,10-13,16H2,1-3H3,(H,30,31)/t26-/m0/s1. The van der Waals surface area contributed by atoms with Crippen LogP contribution in [0.4, 0.5) is 8.78 Å². The first-order valence-corrected chi connectivity index (χ1v) is 12.2. The smallest absolute Gasteiger partial charge is 0.176 e. The number of hydrogen-bond acceptors (Lipinski definition) is 4. The van der Waals surface area contributed by atoms with E-state index in [4.69, 9.17) is 4.98 Å². The lowest BCUT2D eigenvalue weighted by molar-refractivity contribution is 0.142. The highest BCUT2D eigenvalue weighted by Gasteiger charge is 2.46. The van der Waals surface area contributed by atoms with Gasteiger partial charge in [-0.2, -0.15) is 4.39 Å². The van der Waals surface area contributed by atoms with Gasteiger partial charge in [-0.05, 0) is 82.0 Å². The van der Waals surface area contributed by atoms with Gasteiger partial charge in [0.05, 0.1) is 11.0 Å². The molecule has 1 aliphatic heterocycles. The van der Waals surface area contributed by atoms with E-state index in [0.29, 0.717) is 5.52 Å². The Kier molecular flexibility index (Phi) is 5.57. The molecule has 4 aromatic rings. The molecule has 3 aromatic heterocycles. The van der Waals surface area contributed by atoms with Crippen molar-refractivity contribution < 1.29 is 8.78 Å². The van der Waals surface area contributed by atoms with Gasteiger partial charge in [-0.3, -0.25) is 9.88 Å². The Bertz CT molecular complexity index is 1280. The minimum absolute atomic E-state index is 0.153. The number of nitrogens with one attached hydrogen (secondary N) is 1. The maximum atomic E-state index is 13.8. The fraction of sp³-hybridized carbons (Fsp3) is 0.385. The van der Waals surface area contributed by atoms with E-state index < -0.39 is 0 Å². The SMILES string of the molecule is Cc1ccc(C(C)(C)N2CC[C@](CCc3ccc(F)s3)(c3nc4ccc(F)cc4[nH]3)C2)cn1. The summed E-state index contributed by atoms with van der Waals surface area (Å²) in [7, 11) is 0. The van der Waals surface area contributed by atoms with Crippen LogP contribution in [0.15, 0.2) is 48.7 Å². The van der Waals surface area contributed by atoms with Gasteiger partial charge in [-0.1, -0.05) is 6.07 Å². The van der Waals surface area contributed by atoms with E-state index in [9.17, 15) is 8.78 Å². The van der Waals surface area contributed by atoms with Crippen molar-refractivity contribution in [3.63, 3.8) is 0 Å². The van der Waals surface area contributed by atoms with Crippen molar-refractivity contribution >= 4 is 22.4 Å². The zero-order valence-corrected chi connectivity index (χ0v) is 20.0. The van der Waals surface area contributed by atoms with Gasteiger partial charge in [-0.15, -0.1) is 11.3 Å². The van der Waals surface area contributed by atoms with E-state index in [1.54, 1.807) is 6.07 Å². The van der Waals surface area contributed by atoms with Crippen LogP contribution in [-0.4, -0.2) is 32.9 Å². The quantitative estimate of drug-likeness (QED) is 0.372. The van der Waals surface area contributed by atoms with Crippen LogP contribution in [0.1, 0.15) is 48.6 Å². The number of aromatic nitrogens is 3. The molecule has 33 heavy (non-hydrogen) atoms. The van der Waals surface area contributed by atoms with Crippen molar-refractivity contribution in [2.45, 2.75) is 51.0 Å². The van der Waals surface area contributed by atoms with Crippen molar-refractivity contribution in [3.8, 4) is 0 Å². The highest BCUT2D eigenvalue weighted by molar-refractivity contribution is 7.10. The van der Waals surface area contributed by atoms with Gasteiger partial charge in [0.1, 0.15) is 11.6 Å². The number of aromatic amines is 1. The van der Waals surface area contributed by atoms with Crippen LogP contribution in [0, 0.1) is 17.9 Å². The number of thiophene rings is 1. The van der Waals surface area contributed by atoms with E-state index in [2.05, 4.69) is 40.8 Å². The second kappa shape index (κ2) is 8.29.